The summed E-state index contributed by atoms with van der Waals surface area (Å²) in [4.78, 5) is 41.4. The Morgan fingerprint density at radius 3 is 2.34 bits per heavy atom. The van der Waals surface area contributed by atoms with Crippen LogP contribution in [0.25, 0.3) is 0 Å². The number of anilines is 1. The van der Waals surface area contributed by atoms with Crippen molar-refractivity contribution >= 4 is 35.2 Å². The molecule has 1 aromatic rings. The largest absolute Gasteiger partial charge is 0.341 e. The van der Waals surface area contributed by atoms with Crippen LogP contribution in [0, 0.1) is 5.41 Å². The highest BCUT2D eigenvalue weighted by atomic mass is 32.2. The molecule has 2 saturated heterocycles. The zero-order valence-electron chi connectivity index (χ0n) is 17.6. The summed E-state index contributed by atoms with van der Waals surface area (Å²) in [5.74, 6) is 2.04. The molecule has 29 heavy (non-hydrogen) atoms. The lowest BCUT2D eigenvalue weighted by Crippen LogP contribution is -2.47. The first-order valence-electron chi connectivity index (χ1n) is 10.3. The number of benzene rings is 1. The van der Waals surface area contributed by atoms with Gasteiger partial charge in [0.25, 0.3) is 0 Å². The lowest BCUT2D eigenvalue weighted by molar-refractivity contribution is -0.143. The Kier molecular flexibility index (Phi) is 6.88. The molecule has 6 nitrogen and oxygen atoms in total. The Labute approximate surface area is 177 Å². The topological polar surface area (TPSA) is 69.7 Å². The molecule has 158 valence electrons. The molecule has 0 bridgehead atoms. The first kappa shape index (κ1) is 21.7. The standard InChI is InChI=1S/C22H31N3O3S/c1-22(2,3)21(28)25-10-4-5-18(25)20(27)23-17-8-6-16(7-9-17)15-19(26)24-11-13-29-14-12-24/h6-9,18H,4-5,10-15H2,1-3H3,(H,23,27). The van der Waals surface area contributed by atoms with Crippen molar-refractivity contribution < 1.29 is 14.4 Å². The molecule has 2 fully saturated rings. The van der Waals surface area contributed by atoms with Gasteiger partial charge in [-0.3, -0.25) is 14.4 Å². The van der Waals surface area contributed by atoms with Gasteiger partial charge in [-0.15, -0.1) is 0 Å². The molecule has 1 N–H and O–H groups in total. The second-order valence-electron chi connectivity index (χ2n) is 8.76. The van der Waals surface area contributed by atoms with Crippen LogP contribution in [0.1, 0.15) is 39.2 Å². The average molecular weight is 418 g/mol. The van der Waals surface area contributed by atoms with Crippen LogP contribution in [0.3, 0.4) is 0 Å². The van der Waals surface area contributed by atoms with Crippen molar-refractivity contribution in [1.29, 1.82) is 0 Å². The van der Waals surface area contributed by atoms with Gasteiger partial charge in [0.15, 0.2) is 0 Å². The van der Waals surface area contributed by atoms with Gasteiger partial charge in [-0.25, -0.2) is 0 Å². The van der Waals surface area contributed by atoms with Gasteiger partial charge < -0.3 is 15.1 Å². The number of hydrogen-bond donors (Lipinski definition) is 1. The molecule has 1 unspecified atom stereocenters. The maximum absolute atomic E-state index is 12.8. The number of likely N-dealkylation sites (tertiary alicyclic amines) is 1. The molecule has 0 aromatic heterocycles. The highest BCUT2D eigenvalue weighted by molar-refractivity contribution is 7.99. The quantitative estimate of drug-likeness (QED) is 0.818. The predicted octanol–water partition coefficient (Wildman–Crippen LogP) is 2.78. The van der Waals surface area contributed by atoms with Crippen LogP contribution in [0.15, 0.2) is 24.3 Å². The third-order valence-electron chi connectivity index (χ3n) is 5.40. The number of carbonyl (C=O) groups is 3. The lowest BCUT2D eigenvalue weighted by Gasteiger charge is -2.30. The van der Waals surface area contributed by atoms with E-state index in [-0.39, 0.29) is 17.7 Å². The van der Waals surface area contributed by atoms with Crippen LogP contribution in [0.4, 0.5) is 5.69 Å². The molecule has 0 saturated carbocycles. The van der Waals surface area contributed by atoms with Crippen LogP contribution in [0.2, 0.25) is 0 Å². The lowest BCUT2D eigenvalue weighted by atomic mass is 9.94. The van der Waals surface area contributed by atoms with Crippen molar-refractivity contribution in [3.63, 3.8) is 0 Å². The Hall–Kier alpha value is -2.02. The zero-order valence-corrected chi connectivity index (χ0v) is 18.4. The van der Waals surface area contributed by atoms with Gasteiger partial charge >= 0.3 is 0 Å². The number of amides is 3. The summed E-state index contributed by atoms with van der Waals surface area (Å²) in [6.45, 7) is 7.91. The van der Waals surface area contributed by atoms with Crippen LogP contribution < -0.4 is 5.32 Å². The van der Waals surface area contributed by atoms with Crippen molar-refractivity contribution in [2.75, 3.05) is 36.5 Å². The van der Waals surface area contributed by atoms with E-state index in [1.165, 1.54) is 0 Å². The fourth-order valence-electron chi connectivity index (χ4n) is 3.74. The van der Waals surface area contributed by atoms with E-state index in [1.54, 1.807) is 4.90 Å². The summed E-state index contributed by atoms with van der Waals surface area (Å²) < 4.78 is 0. The maximum atomic E-state index is 12.8. The summed E-state index contributed by atoms with van der Waals surface area (Å²) in [6, 6.07) is 7.02. The Morgan fingerprint density at radius 2 is 1.72 bits per heavy atom. The highest BCUT2D eigenvalue weighted by Gasteiger charge is 2.38. The molecular weight excluding hydrogens is 386 g/mol. The van der Waals surface area contributed by atoms with E-state index >= 15 is 0 Å². The molecule has 1 aromatic carbocycles. The summed E-state index contributed by atoms with van der Waals surface area (Å²) >= 11 is 1.88. The molecule has 3 rings (SSSR count). The van der Waals surface area contributed by atoms with Crippen LogP contribution >= 0.6 is 11.8 Å². The van der Waals surface area contributed by atoms with Crippen molar-refractivity contribution in [2.24, 2.45) is 5.41 Å². The second-order valence-corrected chi connectivity index (χ2v) is 9.99. The molecule has 0 spiro atoms. The van der Waals surface area contributed by atoms with E-state index in [2.05, 4.69) is 5.32 Å². The predicted molar refractivity (Wildman–Crippen MR) is 117 cm³/mol. The Morgan fingerprint density at radius 1 is 1.07 bits per heavy atom. The third-order valence-corrected chi connectivity index (χ3v) is 6.34. The number of nitrogens with one attached hydrogen (secondary N) is 1. The van der Waals surface area contributed by atoms with E-state index in [1.807, 2.05) is 61.7 Å². The molecule has 3 amide bonds. The fraction of sp³-hybridized carbons (Fsp3) is 0.591. The van der Waals surface area contributed by atoms with Gasteiger partial charge in [0.2, 0.25) is 17.7 Å². The summed E-state index contributed by atoms with van der Waals surface area (Å²) in [7, 11) is 0. The first-order valence-corrected chi connectivity index (χ1v) is 11.5. The normalized spacial score (nSPS) is 19.9. The van der Waals surface area contributed by atoms with Gasteiger partial charge in [0, 0.05) is 42.2 Å². The second kappa shape index (κ2) is 9.20. The highest BCUT2D eigenvalue weighted by Crippen LogP contribution is 2.26. The number of nitrogens with zero attached hydrogens (tertiary/aromatic N) is 2. The van der Waals surface area contributed by atoms with E-state index in [4.69, 9.17) is 0 Å². The SMILES string of the molecule is CC(C)(C)C(=O)N1CCCC1C(=O)Nc1ccc(CC(=O)N2CCSCC2)cc1. The smallest absolute Gasteiger partial charge is 0.247 e. The minimum Gasteiger partial charge on any atom is -0.341 e. The number of hydrogen-bond acceptors (Lipinski definition) is 4. The summed E-state index contributed by atoms with van der Waals surface area (Å²) in [5.41, 5.74) is 1.14. The number of thioether (sulfide) groups is 1. The molecule has 2 heterocycles. The molecule has 0 aliphatic carbocycles. The molecule has 2 aliphatic rings. The van der Waals surface area contributed by atoms with E-state index in [9.17, 15) is 14.4 Å². The summed E-state index contributed by atoms with van der Waals surface area (Å²) in [6.07, 6.45) is 1.92. The molecular formula is C22H31N3O3S. The number of carbonyl (C=O) groups excluding carboxylic acids is 3. The van der Waals surface area contributed by atoms with Crippen LogP contribution in [-0.4, -0.2) is 64.7 Å². The van der Waals surface area contributed by atoms with Crippen LogP contribution in [0.5, 0.6) is 0 Å². The van der Waals surface area contributed by atoms with Gasteiger partial charge in [0.05, 0.1) is 6.42 Å². The molecule has 0 radical (unpaired) electrons. The average Bonchev–Trinajstić information content (AvgIpc) is 3.18. The van der Waals surface area contributed by atoms with Crippen molar-refractivity contribution in [3.05, 3.63) is 29.8 Å². The third kappa shape index (κ3) is 5.53. The van der Waals surface area contributed by atoms with Gasteiger partial charge in [-0.2, -0.15) is 11.8 Å². The summed E-state index contributed by atoms with van der Waals surface area (Å²) in [5, 5.41) is 2.93. The minimum atomic E-state index is -0.496. The molecule has 1 atom stereocenters. The maximum Gasteiger partial charge on any atom is 0.247 e. The van der Waals surface area contributed by atoms with E-state index in [0.717, 1.165) is 36.6 Å². The molecule has 2 aliphatic heterocycles. The fourth-order valence-corrected chi connectivity index (χ4v) is 4.65. The van der Waals surface area contributed by atoms with Gasteiger partial charge in [0.1, 0.15) is 6.04 Å². The van der Waals surface area contributed by atoms with E-state index < -0.39 is 11.5 Å². The zero-order chi connectivity index (χ0) is 21.0. The van der Waals surface area contributed by atoms with Gasteiger partial charge in [-0.05, 0) is 30.5 Å². The van der Waals surface area contributed by atoms with Crippen molar-refractivity contribution in [2.45, 2.75) is 46.1 Å². The minimum absolute atomic E-state index is 0.0140. The Bertz CT molecular complexity index is 752. The number of rotatable bonds is 4. The molecule has 7 heteroatoms. The first-order chi connectivity index (χ1) is 13.8. The van der Waals surface area contributed by atoms with Crippen molar-refractivity contribution in [1.82, 2.24) is 9.80 Å². The monoisotopic (exact) mass is 417 g/mol. The van der Waals surface area contributed by atoms with Crippen LogP contribution in [-0.2, 0) is 20.8 Å². The Balaban J connectivity index is 1.57. The van der Waals surface area contributed by atoms with Crippen molar-refractivity contribution in [3.8, 4) is 0 Å². The van der Waals surface area contributed by atoms with Gasteiger partial charge in [-0.1, -0.05) is 32.9 Å². The van der Waals surface area contributed by atoms with E-state index in [0.29, 0.717) is 25.1 Å².